The van der Waals surface area contributed by atoms with Gasteiger partial charge in [-0.15, -0.1) is 0 Å². The lowest BCUT2D eigenvalue weighted by Crippen LogP contribution is -2.58. The van der Waals surface area contributed by atoms with E-state index in [-0.39, 0.29) is 71.2 Å². The molecule has 8 heterocycles. The van der Waals surface area contributed by atoms with Crippen molar-refractivity contribution >= 4 is 75.6 Å². The van der Waals surface area contributed by atoms with E-state index < -0.39 is 116 Å². The summed E-state index contributed by atoms with van der Waals surface area (Å²) in [6.45, 7) is 27.8. The van der Waals surface area contributed by atoms with E-state index in [2.05, 4.69) is 28.0 Å². The van der Waals surface area contributed by atoms with Crippen LogP contribution in [0.1, 0.15) is 196 Å². The molecule has 0 aliphatic carbocycles. The van der Waals surface area contributed by atoms with Crippen LogP contribution in [0.5, 0.6) is 0 Å². The summed E-state index contributed by atoms with van der Waals surface area (Å²) >= 11 is 0. The Morgan fingerprint density at radius 1 is 0.500 bits per heavy atom. The number of Topliss-reactive ketones (excluding diaryl/α,β-unsaturated/α-hetero) is 2. The lowest BCUT2D eigenvalue weighted by Gasteiger charge is -2.46. The fraction of sp³-hybridized carbons (Fsp3) is 0.493. The highest BCUT2D eigenvalue weighted by atomic mass is 32.2. The van der Waals surface area contributed by atoms with Gasteiger partial charge in [-0.3, -0.25) is 44.1 Å². The van der Waals surface area contributed by atoms with Crippen molar-refractivity contribution in [3.8, 4) is 12.1 Å². The highest BCUT2D eigenvalue weighted by Crippen LogP contribution is 2.52. The largest absolute Gasteiger partial charge is 0.460 e. The minimum Gasteiger partial charge on any atom is -0.460 e. The quantitative estimate of drug-likeness (QED) is 0.0628. The molecule has 0 spiro atoms. The van der Waals surface area contributed by atoms with E-state index in [1.165, 1.54) is 67.0 Å². The topological polar surface area (TPSA) is 338 Å². The van der Waals surface area contributed by atoms with Crippen molar-refractivity contribution in [3.63, 3.8) is 0 Å². The van der Waals surface area contributed by atoms with Crippen molar-refractivity contribution < 1.29 is 54.4 Å². The number of carbonyl (C=O) groups is 4. The lowest BCUT2D eigenvalue weighted by atomic mass is 9.84. The van der Waals surface area contributed by atoms with Crippen LogP contribution in [0.2, 0.25) is 0 Å². The summed E-state index contributed by atoms with van der Waals surface area (Å²) in [5, 5.41) is 16.3. The molecule has 5 aromatic rings. The summed E-state index contributed by atoms with van der Waals surface area (Å²) in [5.74, 6) is -2.83. The van der Waals surface area contributed by atoms with Gasteiger partial charge in [0.15, 0.2) is 11.6 Å². The van der Waals surface area contributed by atoms with Gasteiger partial charge in [-0.2, -0.15) is 10.5 Å². The van der Waals surface area contributed by atoms with Crippen molar-refractivity contribution in [2.24, 2.45) is 33.8 Å². The molecule has 6 aliphatic heterocycles. The molecule has 532 valence electrons. The van der Waals surface area contributed by atoms with E-state index in [1.54, 1.807) is 128 Å². The highest BCUT2D eigenvalue weighted by molar-refractivity contribution is 7.97. The summed E-state index contributed by atoms with van der Waals surface area (Å²) < 4.78 is 110. The van der Waals surface area contributed by atoms with E-state index >= 15 is 8.78 Å². The van der Waals surface area contributed by atoms with Gasteiger partial charge in [-0.05, 0) is 201 Å². The molecule has 100 heavy (non-hydrogen) atoms. The maximum absolute atomic E-state index is 15.5. The number of benzene rings is 3. The molecule has 0 radical (unpaired) electrons. The first-order valence-corrected chi connectivity index (χ1v) is 37.6. The van der Waals surface area contributed by atoms with Gasteiger partial charge in [-0.25, -0.2) is 38.9 Å². The number of hydrogen-bond acceptors (Lipinski definition) is 21. The number of nitrogen functional groups attached to an aromatic ring is 1. The molecule has 0 fully saturated rings. The first kappa shape index (κ1) is 75.7. The molecule has 27 heteroatoms. The number of ketones is 2. The van der Waals surface area contributed by atoms with Crippen LogP contribution >= 0.6 is 0 Å². The van der Waals surface area contributed by atoms with Crippen LogP contribution in [-0.4, -0.2) is 124 Å². The van der Waals surface area contributed by atoms with E-state index in [1.807, 2.05) is 12.1 Å². The third kappa shape index (κ3) is 14.0. The van der Waals surface area contributed by atoms with E-state index in [4.69, 9.17) is 41.4 Å². The van der Waals surface area contributed by atoms with Crippen molar-refractivity contribution in [3.05, 3.63) is 159 Å². The number of rotatable bonds is 13. The van der Waals surface area contributed by atoms with Crippen LogP contribution in [-0.2, 0) is 77.7 Å². The molecule has 0 saturated carbocycles. The van der Waals surface area contributed by atoms with E-state index in [0.717, 1.165) is 0 Å². The standard InChI is InChI=1S/C29H33FN4O4S.C23H24FN5O2S.C21H30FN3O3S/c1-27(2,3)38-26(36)15-24-28(4,5)39(37)25(11-12-33-39)29(6,34-24)20-13-18(7-9-21(20)30)14-23(35)22-10-8-19(16-31)17-32-22;1-22(2)21(26)29-23(3,20-8-9-28-32(20,22)31)16-10-14(4-6-17(16)24)11-19(30)18-7-5-15(12-25)13-27-18;1-19(2,3)28-18(26)12-16-20(4,5)29(27)17(9-10-24-29)21(6,25-16)14-11-13(23)7-8-15(14)22/h7-10,13,17,25H,11-12,14-15H2,1-6H3;4-7,10,13,20H,8-9,11H2,1-3H3,(H2,26,29);7-8,11,17H,9-10,12,23H2,1-6H3/t25-,29+,39+;20-,23+,32+;17-,21+,29+/m000/s1. The van der Waals surface area contributed by atoms with E-state index in [9.17, 15) is 36.2 Å². The second-order valence-electron chi connectivity index (χ2n) is 29.9. The van der Waals surface area contributed by atoms with Crippen molar-refractivity contribution in [2.75, 3.05) is 25.4 Å². The van der Waals surface area contributed by atoms with Gasteiger partial charge in [0, 0.05) is 78.7 Å². The number of ether oxygens (including phenoxy) is 2. The van der Waals surface area contributed by atoms with Gasteiger partial charge in [-0.1, -0.05) is 12.1 Å². The number of nitriles is 2. The Hall–Kier alpha value is -8.53. The molecule has 0 amide bonds. The van der Waals surface area contributed by atoms with Crippen LogP contribution < -0.4 is 11.5 Å². The summed E-state index contributed by atoms with van der Waals surface area (Å²) in [6.07, 6.45) is 3.82. The second-order valence-corrected chi connectivity index (χ2v) is 38.8. The number of fused-ring (bicyclic) bond motifs is 3. The van der Waals surface area contributed by atoms with Crippen LogP contribution in [0.4, 0.5) is 18.9 Å². The molecule has 6 aliphatic rings. The average molecular weight is 1430 g/mol. The number of pyridine rings is 2. The van der Waals surface area contributed by atoms with Crippen molar-refractivity contribution in [2.45, 2.75) is 207 Å². The SMILES string of the molecule is CC(C)(C)OC(=O)CC1=N[C@](C)(c2cc(CC(=O)c3ccc(C#N)cn3)ccc2F)[C@@H]2CCN=[S@]2(=O)C1(C)C.CC(C)(C)OC(=O)CC1=N[C@](C)(c2cc(N)ccc2F)[C@@H]2CCN=[S@]2(=O)C1(C)C.CC1(C)C(N)=N[C@](C)(c2cc(CC(=O)c3ccc(C#N)cn3)ccc2F)[C@@H]2CCN=[S@@]21=O. The molecule has 0 saturated heterocycles. The van der Waals surface area contributed by atoms with Gasteiger partial charge in [0.2, 0.25) is 0 Å². The molecule has 21 nitrogen and oxygen atoms in total. The number of hydrogen-bond donors (Lipinski definition) is 2. The number of halogens is 3. The molecule has 0 unspecified atom stereocenters. The zero-order valence-electron chi connectivity index (χ0n) is 59.1. The minimum absolute atomic E-state index is 0.00261. The van der Waals surface area contributed by atoms with Gasteiger partial charge in [0.05, 0.1) is 78.4 Å². The third-order valence-electron chi connectivity index (χ3n) is 19.6. The van der Waals surface area contributed by atoms with Crippen LogP contribution in [0.15, 0.2) is 119 Å². The third-order valence-corrected chi connectivity index (χ3v) is 30.7. The highest BCUT2D eigenvalue weighted by Gasteiger charge is 2.60. The van der Waals surface area contributed by atoms with Crippen LogP contribution in [0, 0.1) is 40.1 Å². The maximum Gasteiger partial charge on any atom is 0.312 e. The van der Waals surface area contributed by atoms with Crippen LogP contribution in [0.25, 0.3) is 0 Å². The number of aliphatic imine (C=N–C) groups is 3. The first-order valence-electron chi connectivity index (χ1n) is 32.9. The van der Waals surface area contributed by atoms with Crippen LogP contribution in [0.3, 0.4) is 0 Å². The number of esters is 2. The fourth-order valence-corrected chi connectivity index (χ4v) is 23.7. The monoisotopic (exact) mass is 1430 g/mol. The molecule has 2 aromatic heterocycles. The second kappa shape index (κ2) is 27.1. The van der Waals surface area contributed by atoms with E-state index in [0.29, 0.717) is 78.3 Å². The van der Waals surface area contributed by atoms with Crippen molar-refractivity contribution in [1.29, 1.82) is 10.5 Å². The molecular formula is C73H87F3N12O9S3. The maximum atomic E-state index is 15.5. The average Bonchev–Trinajstić information content (AvgIpc) is 1.38. The lowest BCUT2D eigenvalue weighted by molar-refractivity contribution is -0.154. The number of anilines is 1. The summed E-state index contributed by atoms with van der Waals surface area (Å²) in [7, 11) is -8.55. The summed E-state index contributed by atoms with van der Waals surface area (Å²) in [4.78, 5) is 73.6. The molecule has 0 bridgehead atoms. The molecule has 3 aromatic carbocycles. The normalized spacial score (nSPS) is 28.0. The number of amidine groups is 1. The number of carbonyl (C=O) groups excluding carboxylic acids is 4. The zero-order chi connectivity index (χ0) is 73.9. The van der Waals surface area contributed by atoms with Gasteiger partial charge >= 0.3 is 11.9 Å². The molecule has 4 N–H and O–H groups in total. The Balaban J connectivity index is 0.000000177. The van der Waals surface area contributed by atoms with Gasteiger partial charge in [0.25, 0.3) is 0 Å². The number of nitrogens with zero attached hydrogens (tertiary/aromatic N) is 10. The molecular weight excluding hydrogens is 1340 g/mol. The molecule has 9 atom stereocenters. The number of aromatic nitrogens is 2. The smallest absolute Gasteiger partial charge is 0.312 e. The Bertz CT molecular complexity index is 4770. The van der Waals surface area contributed by atoms with Crippen molar-refractivity contribution in [1.82, 2.24) is 9.97 Å². The Kier molecular flexibility index (Phi) is 20.5. The number of nitrogens with two attached hydrogens (primary N) is 2. The van der Waals surface area contributed by atoms with Gasteiger partial charge < -0.3 is 20.9 Å². The Morgan fingerprint density at radius 3 is 1.18 bits per heavy atom. The summed E-state index contributed by atoms with van der Waals surface area (Å²) in [5.41, 5.74) is 11.4. The molecule has 11 rings (SSSR count). The predicted molar refractivity (Wildman–Crippen MR) is 381 cm³/mol. The predicted octanol–water partition coefficient (Wildman–Crippen LogP) is 11.9. The minimum atomic E-state index is -2.95. The Morgan fingerprint density at radius 2 is 0.840 bits per heavy atom. The zero-order valence-corrected chi connectivity index (χ0v) is 61.6. The summed E-state index contributed by atoms with van der Waals surface area (Å²) in [6, 6.07) is 23.1. The first-order chi connectivity index (χ1) is 46.3. The fourth-order valence-electron chi connectivity index (χ4n) is 14.0. The Labute approximate surface area is 584 Å². The van der Waals surface area contributed by atoms with Gasteiger partial charge in [0.1, 0.15) is 79.4 Å².